The molecular weight excluding hydrogens is 398 g/mol. The van der Waals surface area contributed by atoms with Crippen molar-refractivity contribution in [2.45, 2.75) is 59.8 Å². The lowest BCUT2D eigenvalue weighted by Crippen LogP contribution is -2.18. The number of benzene rings is 1. The molecule has 0 aliphatic rings. The van der Waals surface area contributed by atoms with Gasteiger partial charge in [0.2, 0.25) is 5.91 Å². The molecule has 0 spiro atoms. The van der Waals surface area contributed by atoms with Gasteiger partial charge < -0.3 is 19.8 Å². The van der Waals surface area contributed by atoms with Crippen LogP contribution in [-0.2, 0) is 27.2 Å². The fraction of sp³-hybridized carbons (Fsp3) is 0.478. The van der Waals surface area contributed by atoms with Crippen molar-refractivity contribution in [1.82, 2.24) is 9.97 Å². The van der Waals surface area contributed by atoms with Gasteiger partial charge in [0.05, 0.1) is 30.9 Å². The molecule has 8 heteroatoms. The molecule has 1 aromatic heterocycles. The normalized spacial score (nSPS) is 10.6. The third-order valence-corrected chi connectivity index (χ3v) is 4.63. The predicted molar refractivity (Wildman–Crippen MR) is 119 cm³/mol. The summed E-state index contributed by atoms with van der Waals surface area (Å²) >= 11 is 0. The van der Waals surface area contributed by atoms with Crippen molar-refractivity contribution in [2.24, 2.45) is 0 Å². The lowest BCUT2D eigenvalue weighted by atomic mass is 10.1. The summed E-state index contributed by atoms with van der Waals surface area (Å²) < 4.78 is 10.7. The second-order valence-electron chi connectivity index (χ2n) is 6.96. The van der Waals surface area contributed by atoms with Crippen LogP contribution in [0.5, 0.6) is 5.75 Å². The molecule has 1 aromatic carbocycles. The molecule has 0 fully saturated rings. The van der Waals surface area contributed by atoms with Crippen molar-refractivity contribution >= 4 is 17.6 Å². The lowest BCUT2D eigenvalue weighted by molar-refractivity contribution is -0.144. The summed E-state index contributed by atoms with van der Waals surface area (Å²) in [6, 6.07) is 5.18. The number of aromatic nitrogens is 2. The van der Waals surface area contributed by atoms with E-state index in [1.165, 1.54) is 0 Å². The van der Waals surface area contributed by atoms with Crippen molar-refractivity contribution in [3.8, 4) is 17.1 Å². The molecule has 2 rings (SSSR count). The number of hydrogen-bond donors (Lipinski definition) is 2. The Kier molecular flexibility index (Phi) is 9.24. The largest absolute Gasteiger partial charge is 0.493 e. The summed E-state index contributed by atoms with van der Waals surface area (Å²) in [6.45, 7) is 8.40. The average molecular weight is 430 g/mol. The van der Waals surface area contributed by atoms with Crippen molar-refractivity contribution < 1.29 is 19.1 Å². The zero-order valence-corrected chi connectivity index (χ0v) is 18.7. The molecule has 1 amide bonds. The van der Waals surface area contributed by atoms with Gasteiger partial charge in [-0.05, 0) is 44.4 Å². The Balaban J connectivity index is 2.34. The third-order valence-electron chi connectivity index (χ3n) is 4.63. The fourth-order valence-electron chi connectivity index (χ4n) is 3.13. The van der Waals surface area contributed by atoms with Gasteiger partial charge in [0.15, 0.2) is 0 Å². The maximum absolute atomic E-state index is 12.6. The van der Waals surface area contributed by atoms with Crippen LogP contribution in [0.4, 0.5) is 5.69 Å². The van der Waals surface area contributed by atoms with Gasteiger partial charge in [-0.25, -0.2) is 4.98 Å². The number of carbonyl (C=O) groups excluding carboxylic acids is 2. The fourth-order valence-corrected chi connectivity index (χ4v) is 3.13. The Morgan fingerprint density at radius 3 is 2.52 bits per heavy atom. The van der Waals surface area contributed by atoms with Crippen LogP contribution in [-0.4, -0.2) is 35.1 Å². The number of nitrogens with one attached hydrogen (secondary N) is 2. The number of aromatic amines is 1. The van der Waals surface area contributed by atoms with Crippen molar-refractivity contribution in [3.63, 3.8) is 0 Å². The van der Waals surface area contributed by atoms with E-state index in [2.05, 4.69) is 15.3 Å². The molecule has 168 valence electrons. The van der Waals surface area contributed by atoms with Crippen LogP contribution in [0.15, 0.2) is 23.0 Å². The smallest absolute Gasteiger partial charge is 0.306 e. The summed E-state index contributed by atoms with van der Waals surface area (Å²) in [5.41, 5.74) is 2.35. The molecule has 2 N–H and O–H groups in total. The lowest BCUT2D eigenvalue weighted by Gasteiger charge is -2.14. The molecule has 1 heterocycles. The second kappa shape index (κ2) is 11.9. The highest BCUT2D eigenvalue weighted by atomic mass is 16.5. The molecule has 0 saturated heterocycles. The van der Waals surface area contributed by atoms with E-state index in [1.54, 1.807) is 25.1 Å². The quantitative estimate of drug-likeness (QED) is 0.528. The van der Waals surface area contributed by atoms with Crippen LogP contribution in [0.3, 0.4) is 0 Å². The van der Waals surface area contributed by atoms with E-state index >= 15 is 0 Å². The summed E-state index contributed by atoms with van der Waals surface area (Å²) in [6.07, 6.45) is 2.09. The number of ether oxygens (including phenoxy) is 2. The van der Waals surface area contributed by atoms with Crippen molar-refractivity contribution in [3.05, 3.63) is 39.8 Å². The third kappa shape index (κ3) is 6.67. The second-order valence-corrected chi connectivity index (χ2v) is 6.96. The Labute approximate surface area is 182 Å². The van der Waals surface area contributed by atoms with Crippen LogP contribution >= 0.6 is 0 Å². The van der Waals surface area contributed by atoms with E-state index in [0.717, 1.165) is 12.1 Å². The minimum atomic E-state index is -0.411. The number of esters is 1. The number of amides is 1. The summed E-state index contributed by atoms with van der Waals surface area (Å²) in [5, 5.41) is 2.78. The molecule has 8 nitrogen and oxygen atoms in total. The molecule has 0 unspecified atom stereocenters. The molecule has 31 heavy (non-hydrogen) atoms. The number of nitrogens with zero attached hydrogens (tertiary/aromatic N) is 1. The molecule has 0 aliphatic heterocycles. The predicted octanol–water partition coefficient (Wildman–Crippen LogP) is 3.63. The number of H-pyrrole nitrogens is 1. The van der Waals surface area contributed by atoms with Gasteiger partial charge in [-0.3, -0.25) is 14.4 Å². The number of aryl methyl sites for hydroxylation is 1. The number of hydrogen-bond acceptors (Lipinski definition) is 6. The van der Waals surface area contributed by atoms with Gasteiger partial charge in [-0.1, -0.05) is 20.8 Å². The van der Waals surface area contributed by atoms with E-state index in [1.807, 2.05) is 20.8 Å². The zero-order valence-electron chi connectivity index (χ0n) is 18.7. The van der Waals surface area contributed by atoms with Gasteiger partial charge >= 0.3 is 5.97 Å². The first kappa shape index (κ1) is 24.1. The molecule has 0 atom stereocenters. The van der Waals surface area contributed by atoms with Crippen LogP contribution < -0.4 is 15.6 Å². The topological polar surface area (TPSA) is 110 Å². The first-order valence-corrected chi connectivity index (χ1v) is 10.8. The monoisotopic (exact) mass is 429 g/mol. The molecular formula is C23H31N3O5. The van der Waals surface area contributed by atoms with E-state index in [-0.39, 0.29) is 30.9 Å². The number of anilines is 1. The molecule has 0 aliphatic carbocycles. The van der Waals surface area contributed by atoms with Gasteiger partial charge in [-0.2, -0.15) is 0 Å². The van der Waals surface area contributed by atoms with Crippen molar-refractivity contribution in [2.75, 3.05) is 18.5 Å². The van der Waals surface area contributed by atoms with Crippen molar-refractivity contribution in [1.29, 1.82) is 0 Å². The first-order valence-electron chi connectivity index (χ1n) is 10.8. The van der Waals surface area contributed by atoms with Gasteiger partial charge in [0.1, 0.15) is 11.6 Å². The number of carbonyl (C=O) groups is 2. The highest BCUT2D eigenvalue weighted by Gasteiger charge is 2.16. The standard InChI is InChI=1S/C23H31N3O5/c1-5-13-31-19-10-9-15(24-20(27)11-12-21(28)30-8-4)14-17(19)22-25-18(7-3)16(6-2)23(29)26-22/h9-10,14H,5-8,11-13H2,1-4H3,(H,24,27)(H,25,26,29). The average Bonchev–Trinajstić information content (AvgIpc) is 2.76. The summed E-state index contributed by atoms with van der Waals surface area (Å²) in [7, 11) is 0. The maximum Gasteiger partial charge on any atom is 0.306 e. The van der Waals surface area contributed by atoms with Crippen LogP contribution in [0.1, 0.15) is 58.2 Å². The molecule has 2 aromatic rings. The van der Waals surface area contributed by atoms with Gasteiger partial charge in [0.25, 0.3) is 5.56 Å². The van der Waals surface area contributed by atoms with E-state index < -0.39 is 5.97 Å². The van der Waals surface area contributed by atoms with Crippen LogP contribution in [0, 0.1) is 0 Å². The van der Waals surface area contributed by atoms with E-state index in [4.69, 9.17) is 9.47 Å². The molecule has 0 radical (unpaired) electrons. The minimum Gasteiger partial charge on any atom is -0.493 e. The minimum absolute atomic E-state index is 0.0113. The maximum atomic E-state index is 12.6. The van der Waals surface area contributed by atoms with E-state index in [9.17, 15) is 14.4 Å². The van der Waals surface area contributed by atoms with Crippen LogP contribution in [0.2, 0.25) is 0 Å². The van der Waals surface area contributed by atoms with Crippen LogP contribution in [0.25, 0.3) is 11.4 Å². The highest BCUT2D eigenvalue weighted by molar-refractivity contribution is 5.93. The first-order chi connectivity index (χ1) is 14.9. The Morgan fingerprint density at radius 2 is 1.87 bits per heavy atom. The Morgan fingerprint density at radius 1 is 1.10 bits per heavy atom. The van der Waals surface area contributed by atoms with Gasteiger partial charge in [-0.15, -0.1) is 0 Å². The summed E-state index contributed by atoms with van der Waals surface area (Å²) in [4.78, 5) is 43.8. The molecule has 0 bridgehead atoms. The highest BCUT2D eigenvalue weighted by Crippen LogP contribution is 2.31. The Hall–Kier alpha value is -3.16. The Bertz CT molecular complexity index is 968. The van der Waals surface area contributed by atoms with E-state index in [0.29, 0.717) is 47.8 Å². The molecule has 0 saturated carbocycles. The SMILES string of the molecule is CCCOc1ccc(NC(=O)CCC(=O)OCC)cc1-c1nc(CC)c(CC)c(=O)[nH]1. The zero-order chi connectivity index (χ0) is 22.8. The number of rotatable bonds is 11. The summed E-state index contributed by atoms with van der Waals surface area (Å²) in [5.74, 6) is 0.249. The van der Waals surface area contributed by atoms with Gasteiger partial charge in [0, 0.05) is 17.7 Å².